The second-order valence-corrected chi connectivity index (χ2v) is 4.91. The number of hydrogen-bond donors (Lipinski definition) is 3. The van der Waals surface area contributed by atoms with E-state index in [2.05, 4.69) is 0 Å². The number of phenolic OH excluding ortho intramolecular Hbond substituents is 2. The highest BCUT2D eigenvalue weighted by molar-refractivity contribution is 6.08. The van der Waals surface area contributed by atoms with Crippen LogP contribution >= 0.6 is 0 Å². The van der Waals surface area contributed by atoms with Crippen LogP contribution in [0.15, 0.2) is 40.8 Å². The van der Waals surface area contributed by atoms with Crippen LogP contribution < -0.4 is 4.74 Å². The first-order valence-corrected chi connectivity index (χ1v) is 6.96. The van der Waals surface area contributed by atoms with Gasteiger partial charge in [-0.05, 0) is 37.3 Å². The van der Waals surface area contributed by atoms with E-state index < -0.39 is 5.97 Å². The maximum atomic E-state index is 11.6. The van der Waals surface area contributed by atoms with E-state index in [1.165, 1.54) is 30.3 Å². The zero-order valence-electron chi connectivity index (χ0n) is 12.2. The van der Waals surface area contributed by atoms with Crippen LogP contribution in [0.1, 0.15) is 17.3 Å². The number of aromatic hydroxyl groups is 2. The van der Waals surface area contributed by atoms with Crippen molar-refractivity contribution >= 4 is 16.9 Å². The Balaban J connectivity index is 2.25. The first-order chi connectivity index (χ1) is 11.0. The SMILES string of the molecule is CCOc1cc(-c2oc3cc(O)ccc3c2C(=O)O)ccc1O. The molecule has 0 atom stereocenters. The number of phenols is 2. The summed E-state index contributed by atoms with van der Waals surface area (Å²) in [6.45, 7) is 2.13. The molecule has 0 aliphatic carbocycles. The quantitative estimate of drug-likeness (QED) is 0.680. The van der Waals surface area contributed by atoms with Gasteiger partial charge in [-0.2, -0.15) is 0 Å². The van der Waals surface area contributed by atoms with Crippen molar-refractivity contribution in [3.8, 4) is 28.6 Å². The summed E-state index contributed by atoms with van der Waals surface area (Å²) >= 11 is 0. The Bertz CT molecular complexity index is 893. The Kier molecular flexibility index (Phi) is 3.57. The molecule has 6 nitrogen and oxygen atoms in total. The summed E-state index contributed by atoms with van der Waals surface area (Å²) in [4.78, 5) is 11.6. The lowest BCUT2D eigenvalue weighted by Gasteiger charge is -2.07. The minimum Gasteiger partial charge on any atom is -0.508 e. The zero-order valence-corrected chi connectivity index (χ0v) is 12.2. The summed E-state index contributed by atoms with van der Waals surface area (Å²) in [6, 6.07) is 8.72. The van der Waals surface area contributed by atoms with Crippen molar-refractivity contribution in [3.63, 3.8) is 0 Å². The Labute approximate surface area is 131 Å². The molecule has 0 unspecified atom stereocenters. The van der Waals surface area contributed by atoms with Gasteiger partial charge >= 0.3 is 5.97 Å². The highest BCUT2D eigenvalue weighted by atomic mass is 16.5. The maximum absolute atomic E-state index is 11.6. The fraction of sp³-hybridized carbons (Fsp3) is 0.118. The number of aromatic carboxylic acids is 1. The van der Waals surface area contributed by atoms with Gasteiger partial charge in [0.05, 0.1) is 6.61 Å². The van der Waals surface area contributed by atoms with E-state index in [1.807, 2.05) is 0 Å². The smallest absolute Gasteiger partial charge is 0.340 e. The van der Waals surface area contributed by atoms with E-state index in [4.69, 9.17) is 9.15 Å². The predicted molar refractivity (Wildman–Crippen MR) is 83.1 cm³/mol. The third-order valence-electron chi connectivity index (χ3n) is 3.41. The lowest BCUT2D eigenvalue weighted by Crippen LogP contribution is -1.97. The van der Waals surface area contributed by atoms with Gasteiger partial charge in [0, 0.05) is 17.0 Å². The van der Waals surface area contributed by atoms with E-state index in [1.54, 1.807) is 13.0 Å². The average molecular weight is 314 g/mol. The number of carboxylic acids is 1. The van der Waals surface area contributed by atoms with Crippen molar-refractivity contribution in [1.82, 2.24) is 0 Å². The van der Waals surface area contributed by atoms with Crippen molar-refractivity contribution in [2.45, 2.75) is 6.92 Å². The molecule has 0 radical (unpaired) electrons. The number of benzene rings is 2. The molecule has 0 saturated carbocycles. The molecule has 3 aromatic rings. The van der Waals surface area contributed by atoms with Crippen molar-refractivity contribution in [3.05, 3.63) is 42.0 Å². The normalized spacial score (nSPS) is 10.8. The molecule has 0 amide bonds. The third-order valence-corrected chi connectivity index (χ3v) is 3.41. The van der Waals surface area contributed by atoms with Gasteiger partial charge in [0.1, 0.15) is 22.7 Å². The van der Waals surface area contributed by atoms with Crippen LogP contribution in [-0.2, 0) is 0 Å². The Morgan fingerprint density at radius 1 is 1.17 bits per heavy atom. The second-order valence-electron chi connectivity index (χ2n) is 4.91. The molecule has 0 aliphatic rings. The van der Waals surface area contributed by atoms with Crippen LogP contribution in [0.5, 0.6) is 17.2 Å². The van der Waals surface area contributed by atoms with E-state index in [9.17, 15) is 20.1 Å². The molecule has 0 saturated heterocycles. The van der Waals surface area contributed by atoms with E-state index in [0.717, 1.165) is 0 Å². The van der Waals surface area contributed by atoms with Gasteiger partial charge in [-0.25, -0.2) is 4.79 Å². The molecular weight excluding hydrogens is 300 g/mol. The van der Waals surface area contributed by atoms with Crippen molar-refractivity contribution in [2.24, 2.45) is 0 Å². The Morgan fingerprint density at radius 2 is 1.96 bits per heavy atom. The van der Waals surface area contributed by atoms with E-state index >= 15 is 0 Å². The minimum absolute atomic E-state index is 0.00635. The number of ether oxygens (including phenoxy) is 1. The number of carboxylic acid groups (broad SMARTS) is 1. The molecule has 23 heavy (non-hydrogen) atoms. The highest BCUT2D eigenvalue weighted by Gasteiger charge is 2.22. The summed E-state index contributed by atoms with van der Waals surface area (Å²) in [6.07, 6.45) is 0. The van der Waals surface area contributed by atoms with Crippen molar-refractivity contribution < 1.29 is 29.3 Å². The molecule has 0 aliphatic heterocycles. The maximum Gasteiger partial charge on any atom is 0.340 e. The summed E-state index contributed by atoms with van der Waals surface area (Å²) < 4.78 is 10.9. The zero-order chi connectivity index (χ0) is 16.6. The monoisotopic (exact) mass is 314 g/mol. The largest absolute Gasteiger partial charge is 0.508 e. The molecule has 3 N–H and O–H groups in total. The standard InChI is InChI=1S/C17H14O6/c1-2-22-14-7-9(3-6-12(14)19)16-15(17(20)21)11-5-4-10(18)8-13(11)23-16/h3-8,18-19H,2H2,1H3,(H,20,21). The van der Waals surface area contributed by atoms with Crippen molar-refractivity contribution in [2.75, 3.05) is 6.61 Å². The minimum atomic E-state index is -1.14. The highest BCUT2D eigenvalue weighted by Crippen LogP contribution is 2.38. The molecule has 0 bridgehead atoms. The molecule has 118 valence electrons. The van der Waals surface area contributed by atoms with Gasteiger partial charge in [0.2, 0.25) is 0 Å². The summed E-state index contributed by atoms with van der Waals surface area (Å²) in [5, 5.41) is 29.2. The molecule has 1 aromatic heterocycles. The third kappa shape index (κ3) is 2.55. The molecule has 3 rings (SSSR count). The van der Waals surface area contributed by atoms with Crippen LogP contribution in [0.25, 0.3) is 22.3 Å². The van der Waals surface area contributed by atoms with Crippen LogP contribution in [0.3, 0.4) is 0 Å². The van der Waals surface area contributed by atoms with Crippen molar-refractivity contribution in [1.29, 1.82) is 0 Å². The Morgan fingerprint density at radius 3 is 2.65 bits per heavy atom. The van der Waals surface area contributed by atoms with Gasteiger partial charge in [-0.15, -0.1) is 0 Å². The average Bonchev–Trinajstić information content (AvgIpc) is 2.88. The van der Waals surface area contributed by atoms with Gasteiger partial charge in [-0.1, -0.05) is 0 Å². The van der Waals surface area contributed by atoms with Gasteiger partial charge in [0.25, 0.3) is 0 Å². The number of hydrogen-bond acceptors (Lipinski definition) is 5. The van der Waals surface area contributed by atoms with Crippen LogP contribution in [-0.4, -0.2) is 27.9 Å². The molecule has 0 fully saturated rings. The molecule has 2 aromatic carbocycles. The number of furan rings is 1. The summed E-state index contributed by atoms with van der Waals surface area (Å²) in [5.74, 6) is -0.823. The summed E-state index contributed by atoms with van der Waals surface area (Å²) in [5.41, 5.74) is 0.718. The van der Waals surface area contributed by atoms with Crippen LogP contribution in [0, 0.1) is 0 Å². The van der Waals surface area contributed by atoms with Gasteiger partial charge in [0.15, 0.2) is 11.5 Å². The summed E-state index contributed by atoms with van der Waals surface area (Å²) in [7, 11) is 0. The predicted octanol–water partition coefficient (Wildman–Crippen LogP) is 3.61. The van der Waals surface area contributed by atoms with Crippen LogP contribution in [0.4, 0.5) is 0 Å². The van der Waals surface area contributed by atoms with E-state index in [-0.39, 0.29) is 34.2 Å². The number of fused-ring (bicyclic) bond motifs is 1. The molecule has 0 spiro atoms. The lowest BCUT2D eigenvalue weighted by atomic mass is 10.0. The molecule has 1 heterocycles. The topological polar surface area (TPSA) is 100 Å². The Hall–Kier alpha value is -3.15. The van der Waals surface area contributed by atoms with Gasteiger partial charge < -0.3 is 24.5 Å². The van der Waals surface area contributed by atoms with E-state index in [0.29, 0.717) is 17.6 Å². The first kappa shape index (κ1) is 14.8. The number of carbonyl (C=O) groups is 1. The molecular formula is C17H14O6. The molecule has 6 heteroatoms. The van der Waals surface area contributed by atoms with Gasteiger partial charge in [-0.3, -0.25) is 0 Å². The lowest BCUT2D eigenvalue weighted by molar-refractivity contribution is 0.0699. The van der Waals surface area contributed by atoms with Crippen LogP contribution in [0.2, 0.25) is 0 Å². The first-order valence-electron chi connectivity index (χ1n) is 6.96. The number of rotatable bonds is 4. The fourth-order valence-electron chi connectivity index (χ4n) is 2.43. The second kappa shape index (κ2) is 5.57. The fourth-order valence-corrected chi connectivity index (χ4v) is 2.43.